The molecule has 2 atom stereocenters. The number of hydrogen-bond acceptors (Lipinski definition) is 4. The van der Waals surface area contributed by atoms with Gasteiger partial charge in [0.15, 0.2) is 4.84 Å². The molecule has 1 aliphatic heterocycles. The van der Waals surface area contributed by atoms with Crippen molar-refractivity contribution in [2.75, 3.05) is 13.2 Å². The number of halogens is 4. The molecule has 0 radical (unpaired) electrons. The Morgan fingerprint density at radius 2 is 1.61 bits per heavy atom. The molecule has 0 aromatic carbocycles. The maximum atomic E-state index is 12.1. The maximum Gasteiger partial charge on any atom is 0.243 e. The van der Waals surface area contributed by atoms with E-state index in [4.69, 9.17) is 51.1 Å². The molecular formula is C14H19Cl4NO3S. The van der Waals surface area contributed by atoms with Crippen LogP contribution in [0.2, 0.25) is 0 Å². The van der Waals surface area contributed by atoms with Crippen LogP contribution in [0.3, 0.4) is 0 Å². The number of carbonyl (C=O) groups is 2. The number of rotatable bonds is 5. The van der Waals surface area contributed by atoms with E-state index >= 15 is 0 Å². The highest BCUT2D eigenvalue weighted by molar-refractivity contribution is 8.02. The van der Waals surface area contributed by atoms with Gasteiger partial charge in [-0.15, -0.1) is 23.2 Å². The normalized spacial score (nSPS) is 23.9. The van der Waals surface area contributed by atoms with Gasteiger partial charge in [-0.05, 0) is 26.7 Å². The van der Waals surface area contributed by atoms with Crippen LogP contribution in [0.1, 0.15) is 26.7 Å². The Morgan fingerprint density at radius 3 is 1.91 bits per heavy atom. The van der Waals surface area contributed by atoms with E-state index < -0.39 is 8.50 Å². The molecule has 23 heavy (non-hydrogen) atoms. The Balaban J connectivity index is 0.000000463. The van der Waals surface area contributed by atoms with Gasteiger partial charge in [-0.25, -0.2) is 4.31 Å². The van der Waals surface area contributed by atoms with Crippen molar-refractivity contribution in [3.8, 4) is 0 Å². The molecular weight excluding hydrogens is 404 g/mol. The predicted molar refractivity (Wildman–Crippen MR) is 96.9 cm³/mol. The molecule has 0 N–H and O–H groups in total. The monoisotopic (exact) mass is 421 g/mol. The predicted octanol–water partition coefficient (Wildman–Crippen LogP) is 4.56. The van der Waals surface area contributed by atoms with Crippen molar-refractivity contribution in [1.82, 2.24) is 4.31 Å². The first kappa shape index (κ1) is 21.4. The minimum Gasteiger partial charge on any atom is -0.382 e. The highest BCUT2D eigenvalue weighted by Gasteiger charge is 2.51. The van der Waals surface area contributed by atoms with Gasteiger partial charge in [0, 0.05) is 25.2 Å². The van der Waals surface area contributed by atoms with Gasteiger partial charge in [0.2, 0.25) is 15.5 Å². The largest absolute Gasteiger partial charge is 0.382 e. The van der Waals surface area contributed by atoms with Crippen molar-refractivity contribution >= 4 is 70.2 Å². The molecule has 132 valence electrons. The molecule has 0 aromatic rings. The number of fused-ring (bicyclic) bond motifs is 1. The van der Waals surface area contributed by atoms with Crippen molar-refractivity contribution in [1.29, 1.82) is 0 Å². The minimum absolute atomic E-state index is 0.279. The average molecular weight is 423 g/mol. The zero-order valence-electron chi connectivity index (χ0n) is 12.8. The minimum atomic E-state index is -1.63. The maximum absolute atomic E-state index is 12.1. The molecule has 0 bridgehead atoms. The molecule has 2 rings (SSSR count). The van der Waals surface area contributed by atoms with Crippen LogP contribution >= 0.6 is 58.4 Å². The lowest BCUT2D eigenvalue weighted by atomic mass is 9.85. The fraction of sp³-hybridized carbons (Fsp3) is 0.714. The van der Waals surface area contributed by atoms with Crippen LogP contribution in [-0.4, -0.2) is 37.8 Å². The number of nitrogens with zero attached hydrogens (tertiary/aromatic N) is 1. The zero-order chi connectivity index (χ0) is 17.6. The van der Waals surface area contributed by atoms with Crippen LogP contribution in [0.15, 0.2) is 12.2 Å². The lowest BCUT2D eigenvalue weighted by Gasteiger charge is -2.24. The number of imide groups is 1. The highest BCUT2D eigenvalue weighted by atomic mass is 35.5. The molecule has 0 spiro atoms. The van der Waals surface area contributed by atoms with Gasteiger partial charge >= 0.3 is 0 Å². The van der Waals surface area contributed by atoms with Crippen molar-refractivity contribution in [2.45, 2.75) is 35.2 Å². The van der Waals surface area contributed by atoms with Gasteiger partial charge in [-0.2, -0.15) is 0 Å². The number of amides is 2. The first-order valence-electron chi connectivity index (χ1n) is 7.21. The summed E-state index contributed by atoms with van der Waals surface area (Å²) in [5, 5.41) is 0. The summed E-state index contributed by atoms with van der Waals surface area (Å²) in [5.74, 6) is -1.19. The smallest absolute Gasteiger partial charge is 0.243 e. The molecule has 2 amide bonds. The van der Waals surface area contributed by atoms with E-state index in [2.05, 4.69) is 0 Å². The summed E-state index contributed by atoms with van der Waals surface area (Å²) in [6.45, 7) is 5.67. The number of ether oxygens (including phenoxy) is 1. The van der Waals surface area contributed by atoms with E-state index in [-0.39, 0.29) is 23.7 Å². The number of allylic oxidation sites excluding steroid dienone is 2. The van der Waals surface area contributed by atoms with E-state index in [0.29, 0.717) is 24.8 Å². The summed E-state index contributed by atoms with van der Waals surface area (Å²) in [4.78, 5) is 23.1. The van der Waals surface area contributed by atoms with Crippen molar-refractivity contribution < 1.29 is 14.3 Å². The molecule has 9 heteroatoms. The Morgan fingerprint density at radius 1 is 1.17 bits per heavy atom. The van der Waals surface area contributed by atoms with Crippen LogP contribution in [0.25, 0.3) is 0 Å². The van der Waals surface area contributed by atoms with Crippen LogP contribution in [0.4, 0.5) is 0 Å². The summed E-state index contributed by atoms with van der Waals surface area (Å²) in [6.07, 6.45) is 4.94. The van der Waals surface area contributed by atoms with Gasteiger partial charge in [0.05, 0.1) is 11.8 Å². The number of hydrogen-bond donors (Lipinski definition) is 0. The molecule has 4 nitrogen and oxygen atoms in total. The van der Waals surface area contributed by atoms with Crippen LogP contribution in [0, 0.1) is 11.8 Å². The van der Waals surface area contributed by atoms with Crippen molar-refractivity contribution in [3.05, 3.63) is 12.2 Å². The Labute approximate surface area is 160 Å². The average Bonchev–Trinajstić information content (AvgIpc) is 2.74. The molecule has 2 aliphatic rings. The molecule has 1 aliphatic carbocycles. The second kappa shape index (κ2) is 9.73. The summed E-state index contributed by atoms with van der Waals surface area (Å²) >= 11 is 23.7. The third-order valence-corrected chi connectivity index (χ3v) is 6.57. The highest BCUT2D eigenvalue weighted by Crippen LogP contribution is 2.48. The molecule has 0 saturated carbocycles. The standard InChI is InChI=1S/C10H9Cl4NO2S.C4H10O/c11-9(12)10(13,14)18-15-7(16)5-3-1-2-4-6(5)8(15)17;1-3-5-4-2/h1-2,5-6,9H,3-4H2;3-4H2,1-2H3. The van der Waals surface area contributed by atoms with Gasteiger partial charge in [0.25, 0.3) is 0 Å². The van der Waals surface area contributed by atoms with Crippen molar-refractivity contribution in [2.24, 2.45) is 11.8 Å². The van der Waals surface area contributed by atoms with E-state index in [9.17, 15) is 9.59 Å². The fourth-order valence-corrected chi connectivity index (χ4v) is 3.65. The molecule has 1 saturated heterocycles. The first-order chi connectivity index (χ1) is 10.8. The lowest BCUT2D eigenvalue weighted by molar-refractivity contribution is -0.133. The zero-order valence-corrected chi connectivity index (χ0v) is 16.6. The fourth-order valence-electron chi connectivity index (χ4n) is 2.23. The van der Waals surface area contributed by atoms with E-state index in [0.717, 1.165) is 17.5 Å². The van der Waals surface area contributed by atoms with E-state index in [1.54, 1.807) is 0 Å². The SMILES string of the molecule is CCOCC.O=C1C2CC=CCC2C(=O)N1SC(Cl)(Cl)C(Cl)Cl. The van der Waals surface area contributed by atoms with Crippen LogP contribution in [0.5, 0.6) is 0 Å². The summed E-state index contributed by atoms with van der Waals surface area (Å²) < 4.78 is 4.20. The number of carbonyl (C=O) groups excluding carboxylic acids is 2. The third-order valence-electron chi connectivity index (χ3n) is 3.34. The van der Waals surface area contributed by atoms with E-state index in [1.165, 1.54) is 0 Å². The molecule has 0 aromatic heterocycles. The summed E-state index contributed by atoms with van der Waals surface area (Å²) in [5.41, 5.74) is 0. The number of alkyl halides is 4. The summed E-state index contributed by atoms with van der Waals surface area (Å²) in [7, 11) is 0. The Hall–Kier alpha value is 0.350. The third kappa shape index (κ3) is 5.68. The van der Waals surface area contributed by atoms with Crippen LogP contribution < -0.4 is 0 Å². The van der Waals surface area contributed by atoms with Gasteiger partial charge in [0.1, 0.15) is 0 Å². The summed E-state index contributed by atoms with van der Waals surface area (Å²) in [6, 6.07) is 0. The Bertz CT molecular complexity index is 431. The Kier molecular flexibility index (Phi) is 9.05. The first-order valence-corrected chi connectivity index (χ1v) is 9.62. The van der Waals surface area contributed by atoms with Gasteiger partial charge in [-0.1, -0.05) is 35.4 Å². The topological polar surface area (TPSA) is 46.6 Å². The second-order valence-corrected chi connectivity index (χ2v) is 8.98. The molecule has 1 heterocycles. The second-order valence-electron chi connectivity index (χ2n) is 4.86. The van der Waals surface area contributed by atoms with Crippen LogP contribution in [-0.2, 0) is 14.3 Å². The van der Waals surface area contributed by atoms with Gasteiger partial charge in [-0.3, -0.25) is 9.59 Å². The van der Waals surface area contributed by atoms with Gasteiger partial charge < -0.3 is 4.74 Å². The molecule has 2 unspecified atom stereocenters. The lowest BCUT2D eigenvalue weighted by Crippen LogP contribution is -2.31. The van der Waals surface area contributed by atoms with Crippen molar-refractivity contribution in [3.63, 3.8) is 0 Å². The van der Waals surface area contributed by atoms with E-state index in [1.807, 2.05) is 26.0 Å². The quantitative estimate of drug-likeness (QED) is 0.282. The molecule has 1 fully saturated rings.